The summed E-state index contributed by atoms with van der Waals surface area (Å²) >= 11 is 0. The maximum Gasteiger partial charge on any atom is 0.182 e. The van der Waals surface area contributed by atoms with E-state index in [1.54, 1.807) is 6.07 Å². The van der Waals surface area contributed by atoms with Crippen LogP contribution in [0.2, 0.25) is 0 Å². The predicted octanol–water partition coefficient (Wildman–Crippen LogP) is 3.40. The van der Waals surface area contributed by atoms with E-state index < -0.39 is 0 Å². The van der Waals surface area contributed by atoms with E-state index in [4.69, 9.17) is 4.52 Å². The minimum Gasteiger partial charge on any atom is -0.507 e. The van der Waals surface area contributed by atoms with Crippen LogP contribution in [-0.2, 0) is 0 Å². The molecule has 3 aromatic rings. The molecule has 0 radical (unpaired) electrons. The standard InChI is InChI=1S/C15H11NO3/c1-9(17)13-12(18)8-7-11-14(16-19-15(11)13)10-5-3-2-4-6-10/h2-8,18H,1H3. The number of rotatable bonds is 2. The van der Waals surface area contributed by atoms with Gasteiger partial charge in [-0.2, -0.15) is 0 Å². The summed E-state index contributed by atoms with van der Waals surface area (Å²) in [6.45, 7) is 1.39. The molecule has 1 heterocycles. The molecule has 0 atom stereocenters. The molecule has 0 aliphatic rings. The van der Waals surface area contributed by atoms with E-state index >= 15 is 0 Å². The molecule has 0 aliphatic carbocycles. The second kappa shape index (κ2) is 4.24. The highest BCUT2D eigenvalue weighted by Crippen LogP contribution is 2.33. The fourth-order valence-electron chi connectivity index (χ4n) is 2.14. The van der Waals surface area contributed by atoms with Crippen molar-refractivity contribution in [1.29, 1.82) is 0 Å². The SMILES string of the molecule is CC(=O)c1c(O)ccc2c(-c3ccccc3)noc12. The van der Waals surface area contributed by atoms with Crippen LogP contribution in [0.3, 0.4) is 0 Å². The molecule has 94 valence electrons. The maximum atomic E-state index is 11.6. The molecule has 0 amide bonds. The molecule has 0 saturated carbocycles. The number of carbonyl (C=O) groups is 1. The van der Waals surface area contributed by atoms with Crippen molar-refractivity contribution in [3.05, 3.63) is 48.0 Å². The quantitative estimate of drug-likeness (QED) is 0.711. The summed E-state index contributed by atoms with van der Waals surface area (Å²) in [5, 5.41) is 14.5. The van der Waals surface area contributed by atoms with Gasteiger partial charge < -0.3 is 9.63 Å². The average molecular weight is 253 g/mol. The number of phenolic OH excluding ortho intramolecular Hbond substituents is 1. The largest absolute Gasteiger partial charge is 0.507 e. The Kier molecular flexibility index (Phi) is 2.56. The third-order valence-electron chi connectivity index (χ3n) is 3.02. The summed E-state index contributed by atoms with van der Waals surface area (Å²) in [6, 6.07) is 12.7. The van der Waals surface area contributed by atoms with Gasteiger partial charge in [0.25, 0.3) is 0 Å². The molecule has 1 N–H and O–H groups in total. The molecule has 4 nitrogen and oxygen atoms in total. The fraction of sp³-hybridized carbons (Fsp3) is 0.0667. The first kappa shape index (κ1) is 11.5. The fourth-order valence-corrected chi connectivity index (χ4v) is 2.14. The molecule has 0 spiro atoms. The lowest BCUT2D eigenvalue weighted by Crippen LogP contribution is -1.93. The number of aromatic hydroxyl groups is 1. The minimum atomic E-state index is -0.251. The Bertz CT molecular complexity index is 760. The summed E-state index contributed by atoms with van der Waals surface area (Å²) in [7, 11) is 0. The lowest BCUT2D eigenvalue weighted by Gasteiger charge is -2.00. The Balaban J connectivity index is 2.32. The maximum absolute atomic E-state index is 11.6. The second-order valence-electron chi connectivity index (χ2n) is 4.29. The highest BCUT2D eigenvalue weighted by Gasteiger charge is 2.19. The lowest BCUT2D eigenvalue weighted by molar-refractivity contribution is 0.101. The molecule has 0 saturated heterocycles. The Morgan fingerprint density at radius 1 is 1.16 bits per heavy atom. The molecule has 0 aliphatic heterocycles. The zero-order valence-electron chi connectivity index (χ0n) is 10.3. The minimum absolute atomic E-state index is 0.0873. The zero-order valence-corrected chi connectivity index (χ0v) is 10.3. The number of aromatic nitrogens is 1. The van der Waals surface area contributed by atoms with Crippen LogP contribution in [0, 0.1) is 0 Å². The number of carbonyl (C=O) groups excluding carboxylic acids is 1. The van der Waals surface area contributed by atoms with Crippen LogP contribution >= 0.6 is 0 Å². The van der Waals surface area contributed by atoms with Crippen molar-refractivity contribution >= 4 is 16.8 Å². The van der Waals surface area contributed by atoms with E-state index in [0.29, 0.717) is 16.7 Å². The molecule has 1 aromatic heterocycles. The summed E-state index contributed by atoms with van der Waals surface area (Å²) in [5.74, 6) is -0.338. The first-order valence-corrected chi connectivity index (χ1v) is 5.86. The number of ketones is 1. The van der Waals surface area contributed by atoms with Crippen molar-refractivity contribution in [3.63, 3.8) is 0 Å². The van der Waals surface area contributed by atoms with E-state index in [-0.39, 0.29) is 17.1 Å². The van der Waals surface area contributed by atoms with Gasteiger partial charge in [0.15, 0.2) is 11.4 Å². The summed E-state index contributed by atoms with van der Waals surface area (Å²) in [6.07, 6.45) is 0. The van der Waals surface area contributed by atoms with Gasteiger partial charge in [-0.05, 0) is 19.1 Å². The Morgan fingerprint density at radius 3 is 2.58 bits per heavy atom. The average Bonchev–Trinajstić information content (AvgIpc) is 2.82. The van der Waals surface area contributed by atoms with Gasteiger partial charge in [0.2, 0.25) is 0 Å². The number of hydrogen-bond acceptors (Lipinski definition) is 4. The Hall–Kier alpha value is -2.62. The number of benzene rings is 2. The van der Waals surface area contributed by atoms with Gasteiger partial charge in [-0.3, -0.25) is 4.79 Å². The number of hydrogen-bond donors (Lipinski definition) is 1. The first-order valence-electron chi connectivity index (χ1n) is 5.86. The van der Waals surface area contributed by atoms with Gasteiger partial charge in [-0.25, -0.2) is 0 Å². The highest BCUT2D eigenvalue weighted by molar-refractivity contribution is 6.09. The van der Waals surface area contributed by atoms with Gasteiger partial charge in [-0.15, -0.1) is 0 Å². The normalized spacial score (nSPS) is 10.8. The van der Waals surface area contributed by atoms with Crippen molar-refractivity contribution in [2.45, 2.75) is 6.92 Å². The van der Waals surface area contributed by atoms with E-state index in [0.717, 1.165) is 5.56 Å². The van der Waals surface area contributed by atoms with Crippen LogP contribution in [0.15, 0.2) is 47.0 Å². The van der Waals surface area contributed by atoms with Gasteiger partial charge >= 0.3 is 0 Å². The molecule has 0 unspecified atom stereocenters. The zero-order chi connectivity index (χ0) is 13.4. The van der Waals surface area contributed by atoms with Crippen LogP contribution in [0.25, 0.3) is 22.2 Å². The Labute approximate surface area is 109 Å². The monoisotopic (exact) mass is 253 g/mol. The van der Waals surface area contributed by atoms with E-state index in [1.807, 2.05) is 30.3 Å². The van der Waals surface area contributed by atoms with Crippen molar-refractivity contribution in [2.75, 3.05) is 0 Å². The molecule has 4 heteroatoms. The van der Waals surface area contributed by atoms with Crippen molar-refractivity contribution in [2.24, 2.45) is 0 Å². The molecule has 19 heavy (non-hydrogen) atoms. The van der Waals surface area contributed by atoms with Crippen LogP contribution in [0.4, 0.5) is 0 Å². The summed E-state index contributed by atoms with van der Waals surface area (Å²) in [5.41, 5.74) is 2.07. The predicted molar refractivity (Wildman–Crippen MR) is 71.1 cm³/mol. The van der Waals surface area contributed by atoms with Crippen LogP contribution in [0.1, 0.15) is 17.3 Å². The van der Waals surface area contributed by atoms with Gasteiger partial charge in [0.1, 0.15) is 17.0 Å². The highest BCUT2D eigenvalue weighted by atomic mass is 16.5. The number of fused-ring (bicyclic) bond motifs is 1. The van der Waals surface area contributed by atoms with Crippen molar-refractivity contribution in [3.8, 4) is 17.0 Å². The summed E-state index contributed by atoms with van der Waals surface area (Å²) in [4.78, 5) is 11.6. The molecule has 2 aromatic carbocycles. The van der Waals surface area contributed by atoms with E-state index in [9.17, 15) is 9.90 Å². The van der Waals surface area contributed by atoms with E-state index in [2.05, 4.69) is 5.16 Å². The van der Waals surface area contributed by atoms with Crippen LogP contribution in [0.5, 0.6) is 5.75 Å². The number of phenols is 1. The Morgan fingerprint density at radius 2 is 1.89 bits per heavy atom. The van der Waals surface area contributed by atoms with Gasteiger partial charge in [-0.1, -0.05) is 35.5 Å². The lowest BCUT2D eigenvalue weighted by atomic mass is 10.0. The van der Waals surface area contributed by atoms with Crippen LogP contribution in [-0.4, -0.2) is 16.0 Å². The molecule has 0 bridgehead atoms. The van der Waals surface area contributed by atoms with Crippen molar-refractivity contribution in [1.82, 2.24) is 5.16 Å². The van der Waals surface area contributed by atoms with Gasteiger partial charge in [0, 0.05) is 5.56 Å². The molecule has 3 rings (SSSR count). The number of nitrogens with zero attached hydrogens (tertiary/aromatic N) is 1. The number of Topliss-reactive ketones (excluding diaryl/α,β-unsaturated/α-hetero) is 1. The van der Waals surface area contributed by atoms with E-state index in [1.165, 1.54) is 13.0 Å². The third kappa shape index (κ3) is 1.78. The smallest absolute Gasteiger partial charge is 0.182 e. The van der Waals surface area contributed by atoms with Gasteiger partial charge in [0.05, 0.1) is 5.39 Å². The van der Waals surface area contributed by atoms with Crippen LogP contribution < -0.4 is 0 Å². The summed E-state index contributed by atoms with van der Waals surface area (Å²) < 4.78 is 5.25. The van der Waals surface area contributed by atoms with Crippen molar-refractivity contribution < 1.29 is 14.4 Å². The topological polar surface area (TPSA) is 63.3 Å². The third-order valence-corrected chi connectivity index (χ3v) is 3.02. The molecular weight excluding hydrogens is 242 g/mol. The second-order valence-corrected chi connectivity index (χ2v) is 4.29. The first-order chi connectivity index (χ1) is 9.18. The molecular formula is C15H11NO3. The molecule has 0 fully saturated rings.